The Hall–Kier alpha value is -1.95. The molecule has 20 heavy (non-hydrogen) atoms. The summed E-state index contributed by atoms with van der Waals surface area (Å²) in [5.74, 6) is -0.193. The molecule has 0 unspecified atom stereocenters. The number of carbonyl (C=O) groups excluding carboxylic acids is 1. The van der Waals surface area contributed by atoms with E-state index in [0.29, 0.717) is 37.2 Å². The zero-order chi connectivity index (χ0) is 14.9. The third-order valence-corrected chi connectivity index (χ3v) is 3.75. The lowest BCUT2D eigenvalue weighted by Crippen LogP contribution is -2.42. The van der Waals surface area contributed by atoms with Gasteiger partial charge in [0.15, 0.2) is 5.78 Å². The number of aliphatic hydroxyl groups is 1. The quantitative estimate of drug-likeness (QED) is 0.520. The number of Topliss-reactive ketones (excluding diaryl/α,β-unsaturated/α-hetero) is 1. The second-order valence-electron chi connectivity index (χ2n) is 5.50. The van der Waals surface area contributed by atoms with Crippen LogP contribution in [-0.4, -0.2) is 34.5 Å². The fourth-order valence-corrected chi connectivity index (χ4v) is 2.42. The van der Waals surface area contributed by atoms with Crippen molar-refractivity contribution in [3.05, 3.63) is 33.9 Å². The highest BCUT2D eigenvalue weighted by atomic mass is 16.6. The van der Waals surface area contributed by atoms with E-state index in [1.807, 2.05) is 4.90 Å². The average Bonchev–Trinajstić information content (AvgIpc) is 2.38. The van der Waals surface area contributed by atoms with Gasteiger partial charge >= 0.3 is 0 Å². The number of ketones is 1. The van der Waals surface area contributed by atoms with E-state index in [4.69, 9.17) is 0 Å². The average molecular weight is 278 g/mol. The minimum atomic E-state index is -0.673. The number of hydrogen-bond donors (Lipinski definition) is 1. The molecule has 0 aromatic heterocycles. The number of nitro benzene ring substituents is 1. The first-order valence-electron chi connectivity index (χ1n) is 6.57. The van der Waals surface area contributed by atoms with Crippen molar-refractivity contribution in [2.45, 2.75) is 32.3 Å². The molecule has 1 heterocycles. The summed E-state index contributed by atoms with van der Waals surface area (Å²) in [5.41, 5.74) is 0.315. The molecule has 0 amide bonds. The van der Waals surface area contributed by atoms with Crippen molar-refractivity contribution in [1.29, 1.82) is 0 Å². The van der Waals surface area contributed by atoms with Crippen LogP contribution >= 0.6 is 0 Å². The van der Waals surface area contributed by atoms with Gasteiger partial charge in [0.25, 0.3) is 5.69 Å². The van der Waals surface area contributed by atoms with Crippen molar-refractivity contribution in [2.24, 2.45) is 0 Å². The minimum absolute atomic E-state index is 0.0806. The smallest absolute Gasteiger partial charge is 0.270 e. The van der Waals surface area contributed by atoms with E-state index in [1.165, 1.54) is 19.1 Å². The van der Waals surface area contributed by atoms with Crippen molar-refractivity contribution in [1.82, 2.24) is 0 Å². The highest BCUT2D eigenvalue weighted by Gasteiger charge is 2.29. The molecule has 1 aromatic rings. The molecular weight excluding hydrogens is 260 g/mol. The van der Waals surface area contributed by atoms with E-state index in [-0.39, 0.29) is 11.5 Å². The summed E-state index contributed by atoms with van der Waals surface area (Å²) < 4.78 is 0. The van der Waals surface area contributed by atoms with Gasteiger partial charge in [0.1, 0.15) is 0 Å². The van der Waals surface area contributed by atoms with Crippen LogP contribution in [0.5, 0.6) is 0 Å². The molecule has 0 aliphatic carbocycles. The number of benzene rings is 1. The Kier molecular flexibility index (Phi) is 3.76. The lowest BCUT2D eigenvalue weighted by Gasteiger charge is -2.37. The van der Waals surface area contributed by atoms with E-state index < -0.39 is 10.5 Å². The van der Waals surface area contributed by atoms with Crippen LogP contribution in [0.1, 0.15) is 37.0 Å². The Bertz CT molecular complexity index is 544. The van der Waals surface area contributed by atoms with Crippen LogP contribution in [0.25, 0.3) is 0 Å². The molecule has 1 aromatic carbocycles. The number of nitro groups is 1. The monoisotopic (exact) mass is 278 g/mol. The highest BCUT2D eigenvalue weighted by Crippen LogP contribution is 2.30. The van der Waals surface area contributed by atoms with Gasteiger partial charge in [0.2, 0.25) is 0 Å². The van der Waals surface area contributed by atoms with Crippen LogP contribution in [0.2, 0.25) is 0 Å². The maximum atomic E-state index is 11.7. The predicted octanol–water partition coefficient (Wildman–Crippen LogP) is 2.15. The topological polar surface area (TPSA) is 83.7 Å². The zero-order valence-electron chi connectivity index (χ0n) is 11.6. The summed E-state index contributed by atoms with van der Waals surface area (Å²) in [4.78, 5) is 24.0. The largest absolute Gasteiger partial charge is 0.390 e. The molecule has 6 nitrogen and oxygen atoms in total. The number of piperidine rings is 1. The molecule has 0 atom stereocenters. The highest BCUT2D eigenvalue weighted by molar-refractivity contribution is 6.00. The van der Waals surface area contributed by atoms with Crippen molar-refractivity contribution >= 4 is 17.2 Å². The SMILES string of the molecule is CC(=O)c1cc([N+](=O)[O-])ccc1N1CCC(C)(O)CC1. The molecule has 1 aliphatic heterocycles. The first kappa shape index (κ1) is 14.5. The van der Waals surface area contributed by atoms with Gasteiger partial charge in [-0.25, -0.2) is 0 Å². The lowest BCUT2D eigenvalue weighted by molar-refractivity contribution is -0.384. The second-order valence-corrected chi connectivity index (χ2v) is 5.50. The Balaban J connectivity index is 2.32. The standard InChI is InChI=1S/C14H18N2O4/c1-10(17)12-9-11(16(19)20)3-4-13(12)15-7-5-14(2,18)6-8-15/h3-4,9,18H,5-8H2,1-2H3. The van der Waals surface area contributed by atoms with Gasteiger partial charge in [-0.3, -0.25) is 14.9 Å². The van der Waals surface area contributed by atoms with Gasteiger partial charge in [0.05, 0.1) is 10.5 Å². The fourth-order valence-electron chi connectivity index (χ4n) is 2.42. The van der Waals surface area contributed by atoms with E-state index in [0.717, 1.165) is 0 Å². The first-order valence-corrected chi connectivity index (χ1v) is 6.57. The number of non-ortho nitro benzene ring substituents is 1. The minimum Gasteiger partial charge on any atom is -0.390 e. The molecule has 6 heteroatoms. The number of nitrogens with zero attached hydrogens (tertiary/aromatic N) is 2. The van der Waals surface area contributed by atoms with Gasteiger partial charge in [-0.15, -0.1) is 0 Å². The van der Waals surface area contributed by atoms with Crippen LogP contribution in [-0.2, 0) is 0 Å². The molecule has 0 radical (unpaired) electrons. The second kappa shape index (κ2) is 5.20. The molecule has 1 fully saturated rings. The number of carbonyl (C=O) groups is 1. The molecule has 0 spiro atoms. The first-order chi connectivity index (χ1) is 9.30. The third kappa shape index (κ3) is 2.96. The van der Waals surface area contributed by atoms with Crippen molar-refractivity contribution in [3.8, 4) is 0 Å². The molecule has 0 bridgehead atoms. The molecule has 108 valence electrons. The van der Waals surface area contributed by atoms with Crippen molar-refractivity contribution in [2.75, 3.05) is 18.0 Å². The van der Waals surface area contributed by atoms with E-state index >= 15 is 0 Å². The van der Waals surface area contributed by atoms with E-state index in [1.54, 1.807) is 13.0 Å². The normalized spacial score (nSPS) is 17.9. The van der Waals surface area contributed by atoms with E-state index in [2.05, 4.69) is 0 Å². The predicted molar refractivity (Wildman–Crippen MR) is 75.2 cm³/mol. The van der Waals surface area contributed by atoms with E-state index in [9.17, 15) is 20.0 Å². The van der Waals surface area contributed by atoms with Crippen LogP contribution < -0.4 is 4.90 Å². The molecule has 2 rings (SSSR count). The molecule has 1 aliphatic rings. The summed E-state index contributed by atoms with van der Waals surface area (Å²) >= 11 is 0. The molecular formula is C14H18N2O4. The summed E-state index contributed by atoms with van der Waals surface area (Å²) in [6, 6.07) is 4.35. The third-order valence-electron chi connectivity index (χ3n) is 3.75. The van der Waals surface area contributed by atoms with Crippen LogP contribution in [0.3, 0.4) is 0 Å². The van der Waals surface area contributed by atoms with Crippen LogP contribution in [0.15, 0.2) is 18.2 Å². The van der Waals surface area contributed by atoms with Crippen molar-refractivity contribution < 1.29 is 14.8 Å². The molecule has 1 N–H and O–H groups in total. The summed E-state index contributed by atoms with van der Waals surface area (Å²) in [5, 5.41) is 20.7. The van der Waals surface area contributed by atoms with Crippen LogP contribution in [0.4, 0.5) is 11.4 Å². The lowest BCUT2D eigenvalue weighted by atomic mass is 9.93. The Morgan fingerprint density at radius 1 is 1.40 bits per heavy atom. The Morgan fingerprint density at radius 3 is 2.50 bits per heavy atom. The van der Waals surface area contributed by atoms with Gasteiger partial charge in [0, 0.05) is 36.5 Å². The van der Waals surface area contributed by atoms with Gasteiger partial charge < -0.3 is 10.0 Å². The Morgan fingerprint density at radius 2 is 2.00 bits per heavy atom. The molecule has 1 saturated heterocycles. The fraction of sp³-hybridized carbons (Fsp3) is 0.500. The molecule has 0 saturated carbocycles. The summed E-state index contributed by atoms with van der Waals surface area (Å²) in [7, 11) is 0. The number of rotatable bonds is 3. The number of hydrogen-bond acceptors (Lipinski definition) is 5. The van der Waals surface area contributed by atoms with Gasteiger partial charge in [-0.05, 0) is 32.8 Å². The summed E-state index contributed by atoms with van der Waals surface area (Å²) in [6.45, 7) is 4.46. The zero-order valence-corrected chi connectivity index (χ0v) is 11.6. The maximum Gasteiger partial charge on any atom is 0.270 e. The summed E-state index contributed by atoms with van der Waals surface area (Å²) in [6.07, 6.45) is 1.22. The number of anilines is 1. The van der Waals surface area contributed by atoms with Gasteiger partial charge in [-0.2, -0.15) is 0 Å². The maximum absolute atomic E-state index is 11.7. The van der Waals surface area contributed by atoms with Crippen LogP contribution in [0, 0.1) is 10.1 Å². The Labute approximate surface area is 117 Å². The van der Waals surface area contributed by atoms with Crippen molar-refractivity contribution in [3.63, 3.8) is 0 Å². The van der Waals surface area contributed by atoms with Gasteiger partial charge in [-0.1, -0.05) is 0 Å².